The Bertz CT molecular complexity index is 396. The van der Waals surface area contributed by atoms with Crippen LogP contribution in [0.4, 0.5) is 0 Å². The van der Waals surface area contributed by atoms with Gasteiger partial charge >= 0.3 is 17.9 Å². The number of hydrogen-bond donors (Lipinski definition) is 5. The molecule has 0 radical (unpaired) electrons. The number of ketones is 1. The topological polar surface area (TPSA) is 181 Å². The Kier molecular flexibility index (Phi) is 7.40. The minimum absolute atomic E-state index is 0.146. The van der Waals surface area contributed by atoms with Gasteiger partial charge in [-0.15, -0.1) is 0 Å². The molecule has 114 valence electrons. The molecule has 0 bridgehead atoms. The first-order valence-electron chi connectivity index (χ1n) is 5.86. The monoisotopic (exact) mass is 290 g/mol. The molecular formula is C11H18N2O7. The average molecular weight is 290 g/mol. The SMILES string of the molecule is NC(CC(CC(=O)O)C(=O)[C@@H](N)CCC(=O)O)C(=O)O. The van der Waals surface area contributed by atoms with Gasteiger partial charge in [0, 0.05) is 12.3 Å². The van der Waals surface area contributed by atoms with Crippen molar-refractivity contribution in [3.05, 3.63) is 0 Å². The summed E-state index contributed by atoms with van der Waals surface area (Å²) in [5.74, 6) is -5.61. The van der Waals surface area contributed by atoms with Crippen LogP contribution in [-0.2, 0) is 19.2 Å². The lowest BCUT2D eigenvalue weighted by atomic mass is 9.88. The number of Topliss-reactive ketones (excluding diaryl/α,β-unsaturated/α-hetero) is 1. The van der Waals surface area contributed by atoms with Crippen molar-refractivity contribution in [2.75, 3.05) is 0 Å². The predicted octanol–water partition coefficient (Wildman–Crippen LogP) is -1.36. The normalized spacial score (nSPS) is 15.1. The summed E-state index contributed by atoms with van der Waals surface area (Å²) in [7, 11) is 0. The number of carbonyl (C=O) groups excluding carboxylic acids is 1. The Labute approximate surface area is 114 Å². The number of carboxylic acid groups (broad SMARTS) is 3. The Hall–Kier alpha value is -2.00. The van der Waals surface area contributed by atoms with E-state index in [1.807, 2.05) is 0 Å². The largest absolute Gasteiger partial charge is 0.481 e. The summed E-state index contributed by atoms with van der Waals surface area (Å²) in [6, 6.07) is -2.54. The Morgan fingerprint density at radius 2 is 1.45 bits per heavy atom. The van der Waals surface area contributed by atoms with E-state index in [0.29, 0.717) is 0 Å². The summed E-state index contributed by atoms with van der Waals surface area (Å²) in [4.78, 5) is 43.6. The van der Waals surface area contributed by atoms with Gasteiger partial charge < -0.3 is 26.8 Å². The fourth-order valence-electron chi connectivity index (χ4n) is 1.64. The zero-order valence-corrected chi connectivity index (χ0v) is 10.7. The number of aliphatic carboxylic acids is 3. The minimum Gasteiger partial charge on any atom is -0.481 e. The average Bonchev–Trinajstić information content (AvgIpc) is 2.33. The van der Waals surface area contributed by atoms with E-state index in [1.165, 1.54) is 0 Å². The fourth-order valence-corrected chi connectivity index (χ4v) is 1.64. The number of rotatable bonds is 10. The van der Waals surface area contributed by atoms with E-state index in [0.717, 1.165) is 0 Å². The van der Waals surface area contributed by atoms with Gasteiger partial charge in [-0.05, 0) is 12.8 Å². The van der Waals surface area contributed by atoms with Crippen LogP contribution < -0.4 is 11.5 Å². The van der Waals surface area contributed by atoms with E-state index >= 15 is 0 Å². The van der Waals surface area contributed by atoms with E-state index in [1.54, 1.807) is 0 Å². The molecule has 0 saturated carbocycles. The molecule has 0 saturated heterocycles. The van der Waals surface area contributed by atoms with Crippen molar-refractivity contribution in [2.24, 2.45) is 17.4 Å². The molecule has 9 heteroatoms. The Morgan fingerprint density at radius 3 is 1.85 bits per heavy atom. The fraction of sp³-hybridized carbons (Fsp3) is 0.636. The number of carbonyl (C=O) groups is 4. The van der Waals surface area contributed by atoms with Crippen LogP contribution in [0.2, 0.25) is 0 Å². The summed E-state index contributed by atoms with van der Waals surface area (Å²) in [5, 5.41) is 25.9. The molecule has 0 aliphatic heterocycles. The van der Waals surface area contributed by atoms with Gasteiger partial charge in [0.25, 0.3) is 0 Å². The van der Waals surface area contributed by atoms with Crippen LogP contribution in [0.3, 0.4) is 0 Å². The summed E-state index contributed by atoms with van der Waals surface area (Å²) < 4.78 is 0. The molecule has 20 heavy (non-hydrogen) atoms. The highest BCUT2D eigenvalue weighted by atomic mass is 16.4. The van der Waals surface area contributed by atoms with Gasteiger partial charge in [0.2, 0.25) is 0 Å². The van der Waals surface area contributed by atoms with Crippen molar-refractivity contribution in [3.8, 4) is 0 Å². The van der Waals surface area contributed by atoms with Gasteiger partial charge in [-0.2, -0.15) is 0 Å². The molecule has 0 fully saturated rings. The first-order valence-corrected chi connectivity index (χ1v) is 5.86. The maximum Gasteiger partial charge on any atom is 0.320 e. The second-order valence-electron chi connectivity index (χ2n) is 4.42. The molecule has 0 spiro atoms. The van der Waals surface area contributed by atoms with Crippen molar-refractivity contribution in [1.29, 1.82) is 0 Å². The van der Waals surface area contributed by atoms with Crippen LogP contribution in [0.5, 0.6) is 0 Å². The summed E-state index contributed by atoms with van der Waals surface area (Å²) in [5.41, 5.74) is 10.8. The van der Waals surface area contributed by atoms with E-state index in [-0.39, 0.29) is 19.3 Å². The van der Waals surface area contributed by atoms with Gasteiger partial charge in [0.15, 0.2) is 5.78 Å². The van der Waals surface area contributed by atoms with Crippen LogP contribution in [0, 0.1) is 5.92 Å². The lowest BCUT2D eigenvalue weighted by Gasteiger charge is -2.19. The first kappa shape index (κ1) is 18.0. The summed E-state index contributed by atoms with van der Waals surface area (Å²) in [6.07, 6.45) is -1.44. The van der Waals surface area contributed by atoms with Crippen molar-refractivity contribution >= 4 is 23.7 Å². The van der Waals surface area contributed by atoms with Gasteiger partial charge in [-0.25, -0.2) is 0 Å². The van der Waals surface area contributed by atoms with Crippen molar-refractivity contribution in [2.45, 2.75) is 37.8 Å². The Balaban J connectivity index is 4.74. The maximum atomic E-state index is 11.9. The predicted molar refractivity (Wildman–Crippen MR) is 65.8 cm³/mol. The third kappa shape index (κ3) is 6.81. The quantitative estimate of drug-likeness (QED) is 0.324. The molecular weight excluding hydrogens is 272 g/mol. The molecule has 0 aliphatic rings. The van der Waals surface area contributed by atoms with Crippen LogP contribution in [0.15, 0.2) is 0 Å². The second kappa shape index (κ2) is 8.23. The van der Waals surface area contributed by atoms with Gasteiger partial charge in [-0.1, -0.05) is 0 Å². The molecule has 9 nitrogen and oxygen atoms in total. The zero-order chi connectivity index (χ0) is 15.9. The molecule has 2 unspecified atom stereocenters. The van der Waals surface area contributed by atoms with Crippen molar-refractivity contribution < 1.29 is 34.5 Å². The second-order valence-corrected chi connectivity index (χ2v) is 4.42. The Morgan fingerprint density at radius 1 is 0.900 bits per heavy atom. The van der Waals surface area contributed by atoms with Gasteiger partial charge in [0.1, 0.15) is 6.04 Å². The van der Waals surface area contributed by atoms with Crippen LogP contribution in [0.1, 0.15) is 25.7 Å². The third-order valence-corrected chi connectivity index (χ3v) is 2.71. The highest BCUT2D eigenvalue weighted by Gasteiger charge is 2.30. The van der Waals surface area contributed by atoms with Crippen LogP contribution >= 0.6 is 0 Å². The molecule has 3 atom stereocenters. The molecule has 0 aromatic rings. The van der Waals surface area contributed by atoms with Crippen molar-refractivity contribution in [1.82, 2.24) is 0 Å². The standard InChI is InChI=1S/C11H18N2O7/c12-6(1-2-8(14)15)10(18)5(4-9(16)17)3-7(13)11(19)20/h5-7H,1-4,12-13H2,(H,14,15)(H,16,17)(H,19,20)/t5?,6-,7?/m0/s1. The van der Waals surface area contributed by atoms with E-state index in [9.17, 15) is 19.2 Å². The molecule has 0 aromatic heterocycles. The molecule has 7 N–H and O–H groups in total. The molecule has 0 aromatic carbocycles. The molecule has 0 rings (SSSR count). The third-order valence-electron chi connectivity index (χ3n) is 2.71. The summed E-state index contributed by atoms with van der Waals surface area (Å²) in [6.45, 7) is 0. The van der Waals surface area contributed by atoms with Crippen LogP contribution in [0.25, 0.3) is 0 Å². The minimum atomic E-state index is -1.38. The lowest BCUT2D eigenvalue weighted by Crippen LogP contribution is -2.41. The van der Waals surface area contributed by atoms with Crippen LogP contribution in [-0.4, -0.2) is 51.1 Å². The summed E-state index contributed by atoms with van der Waals surface area (Å²) >= 11 is 0. The van der Waals surface area contributed by atoms with Gasteiger partial charge in [0.05, 0.1) is 12.5 Å². The molecule has 0 amide bonds. The number of carboxylic acids is 3. The highest BCUT2D eigenvalue weighted by molar-refractivity contribution is 5.90. The van der Waals surface area contributed by atoms with E-state index < -0.39 is 48.1 Å². The zero-order valence-electron chi connectivity index (χ0n) is 10.7. The van der Waals surface area contributed by atoms with Gasteiger partial charge in [-0.3, -0.25) is 19.2 Å². The lowest BCUT2D eigenvalue weighted by molar-refractivity contribution is -0.143. The first-order chi connectivity index (χ1) is 9.15. The maximum absolute atomic E-state index is 11.9. The molecule has 0 aliphatic carbocycles. The highest BCUT2D eigenvalue weighted by Crippen LogP contribution is 2.16. The number of hydrogen-bond acceptors (Lipinski definition) is 6. The number of nitrogens with two attached hydrogens (primary N) is 2. The van der Waals surface area contributed by atoms with E-state index in [2.05, 4.69) is 0 Å². The molecule has 0 heterocycles. The van der Waals surface area contributed by atoms with Crippen molar-refractivity contribution in [3.63, 3.8) is 0 Å². The van der Waals surface area contributed by atoms with E-state index in [4.69, 9.17) is 26.8 Å². The smallest absolute Gasteiger partial charge is 0.320 e.